The van der Waals surface area contributed by atoms with Crippen LogP contribution in [0, 0.1) is 0 Å². The van der Waals surface area contributed by atoms with Crippen molar-refractivity contribution in [3.63, 3.8) is 0 Å². The molecule has 0 atom stereocenters. The van der Waals surface area contributed by atoms with Gasteiger partial charge < -0.3 is 16.0 Å². The maximum absolute atomic E-state index is 5.75. The Labute approximate surface area is 96.0 Å². The number of imidazole rings is 1. The van der Waals surface area contributed by atoms with Crippen molar-refractivity contribution >= 4 is 22.4 Å². The zero-order valence-corrected chi connectivity index (χ0v) is 8.84. The van der Waals surface area contributed by atoms with Gasteiger partial charge in [-0.2, -0.15) is 0 Å². The van der Waals surface area contributed by atoms with Gasteiger partial charge >= 0.3 is 0 Å². The Morgan fingerprint density at radius 2 is 2.18 bits per heavy atom. The lowest BCUT2D eigenvalue weighted by Crippen LogP contribution is -2.02. The van der Waals surface area contributed by atoms with E-state index in [1.807, 2.05) is 6.07 Å². The highest BCUT2D eigenvalue weighted by atomic mass is 16.6. The highest BCUT2D eigenvalue weighted by Crippen LogP contribution is 2.25. The first-order chi connectivity index (χ1) is 8.34. The molecule has 0 saturated carbocycles. The van der Waals surface area contributed by atoms with E-state index < -0.39 is 0 Å². The van der Waals surface area contributed by atoms with Crippen LogP contribution in [0.1, 0.15) is 5.82 Å². The van der Waals surface area contributed by atoms with Crippen LogP contribution in [-0.4, -0.2) is 20.3 Å². The first-order valence-electron chi connectivity index (χ1n) is 5.07. The summed E-state index contributed by atoms with van der Waals surface area (Å²) in [5, 5.41) is 10.8. The number of rotatable bonds is 3. The Bertz CT molecular complexity index is 629. The van der Waals surface area contributed by atoms with E-state index >= 15 is 0 Å². The lowest BCUT2D eigenvalue weighted by molar-refractivity contribution is 0.315. The van der Waals surface area contributed by atoms with E-state index in [0.29, 0.717) is 23.3 Å². The van der Waals surface area contributed by atoms with E-state index in [1.165, 1.54) is 0 Å². The molecule has 0 aliphatic heterocycles. The molecule has 7 nitrogen and oxygen atoms in total. The van der Waals surface area contributed by atoms with Gasteiger partial charge in [-0.25, -0.2) is 9.61 Å². The Kier molecular flexibility index (Phi) is 2.14. The average molecular weight is 230 g/mol. The number of hydrogen-bond acceptors (Lipinski definition) is 6. The molecule has 0 unspecified atom stereocenters. The van der Waals surface area contributed by atoms with Crippen LogP contribution in [0.25, 0.3) is 11.0 Å². The van der Waals surface area contributed by atoms with Gasteiger partial charge in [0.2, 0.25) is 0 Å². The second kappa shape index (κ2) is 3.78. The molecule has 0 spiro atoms. The molecule has 0 aliphatic rings. The van der Waals surface area contributed by atoms with Crippen molar-refractivity contribution in [3.8, 4) is 0 Å². The van der Waals surface area contributed by atoms with Gasteiger partial charge in [0.25, 0.3) is 0 Å². The van der Waals surface area contributed by atoms with Gasteiger partial charge in [-0.1, -0.05) is 0 Å². The molecule has 2 heterocycles. The predicted molar refractivity (Wildman–Crippen MR) is 62.1 cm³/mol. The van der Waals surface area contributed by atoms with E-state index in [9.17, 15) is 0 Å². The van der Waals surface area contributed by atoms with Gasteiger partial charge in [-0.3, -0.25) is 0 Å². The van der Waals surface area contributed by atoms with Crippen molar-refractivity contribution in [2.75, 3.05) is 11.1 Å². The SMILES string of the molecule is Nc1ccc(NCc2ncc[nH]2)c2nonc12. The fraction of sp³-hybridized carbons (Fsp3) is 0.100. The molecule has 0 radical (unpaired) electrons. The Morgan fingerprint density at radius 3 is 3.00 bits per heavy atom. The van der Waals surface area contributed by atoms with Gasteiger partial charge in [0.15, 0.2) is 11.0 Å². The molecule has 0 bridgehead atoms. The van der Waals surface area contributed by atoms with Crippen molar-refractivity contribution in [2.45, 2.75) is 6.54 Å². The summed E-state index contributed by atoms with van der Waals surface area (Å²) in [6.45, 7) is 0.568. The van der Waals surface area contributed by atoms with Crippen LogP contribution in [0.2, 0.25) is 0 Å². The van der Waals surface area contributed by atoms with E-state index in [4.69, 9.17) is 5.73 Å². The van der Waals surface area contributed by atoms with E-state index in [2.05, 4.69) is 30.2 Å². The molecule has 1 aromatic carbocycles. The molecule has 0 amide bonds. The third-order valence-corrected chi connectivity index (χ3v) is 2.45. The largest absolute Gasteiger partial charge is 0.397 e. The number of nitrogens with zero attached hydrogens (tertiary/aromatic N) is 3. The fourth-order valence-electron chi connectivity index (χ4n) is 1.60. The molecule has 2 aromatic heterocycles. The molecule has 3 aromatic rings. The van der Waals surface area contributed by atoms with Crippen molar-refractivity contribution < 1.29 is 4.63 Å². The Hall–Kier alpha value is -2.57. The topological polar surface area (TPSA) is 106 Å². The number of benzene rings is 1. The minimum absolute atomic E-state index is 0.546. The third-order valence-electron chi connectivity index (χ3n) is 2.45. The smallest absolute Gasteiger partial charge is 0.160 e. The third kappa shape index (κ3) is 1.67. The van der Waals surface area contributed by atoms with Crippen molar-refractivity contribution in [1.29, 1.82) is 0 Å². The minimum atomic E-state index is 0.546. The predicted octanol–water partition coefficient (Wildman–Crippen LogP) is 1.14. The molecular formula is C10H10N6O. The molecule has 86 valence electrons. The second-order valence-corrected chi connectivity index (χ2v) is 3.55. The zero-order chi connectivity index (χ0) is 11.7. The van der Waals surface area contributed by atoms with Crippen LogP contribution < -0.4 is 11.1 Å². The molecule has 4 N–H and O–H groups in total. The van der Waals surface area contributed by atoms with Gasteiger partial charge in [0.1, 0.15) is 5.82 Å². The van der Waals surface area contributed by atoms with Gasteiger partial charge in [-0.05, 0) is 22.4 Å². The molecule has 0 saturated heterocycles. The van der Waals surface area contributed by atoms with Crippen molar-refractivity contribution in [2.24, 2.45) is 0 Å². The molecule has 0 fully saturated rings. The van der Waals surface area contributed by atoms with Crippen molar-refractivity contribution in [3.05, 3.63) is 30.4 Å². The monoisotopic (exact) mass is 230 g/mol. The average Bonchev–Trinajstić information content (AvgIpc) is 2.99. The highest BCUT2D eigenvalue weighted by Gasteiger charge is 2.09. The Morgan fingerprint density at radius 1 is 1.29 bits per heavy atom. The van der Waals surface area contributed by atoms with E-state index in [-0.39, 0.29) is 0 Å². The van der Waals surface area contributed by atoms with E-state index in [0.717, 1.165) is 11.5 Å². The molecule has 3 rings (SSSR count). The fourth-order valence-corrected chi connectivity index (χ4v) is 1.60. The number of hydrogen-bond donors (Lipinski definition) is 3. The summed E-state index contributed by atoms with van der Waals surface area (Å²) < 4.78 is 4.68. The summed E-state index contributed by atoms with van der Waals surface area (Å²) in [6, 6.07) is 3.60. The van der Waals surface area contributed by atoms with Crippen molar-refractivity contribution in [1.82, 2.24) is 20.3 Å². The van der Waals surface area contributed by atoms with Crippen LogP contribution in [0.4, 0.5) is 11.4 Å². The first kappa shape index (κ1) is 9.64. The summed E-state index contributed by atoms with van der Waals surface area (Å²) in [5.74, 6) is 0.839. The summed E-state index contributed by atoms with van der Waals surface area (Å²) in [5.41, 5.74) is 8.30. The first-order valence-corrected chi connectivity index (χ1v) is 5.07. The number of nitrogens with one attached hydrogen (secondary N) is 2. The summed E-state index contributed by atoms with van der Waals surface area (Å²) in [7, 11) is 0. The van der Waals surface area contributed by atoms with Crippen LogP contribution in [-0.2, 0) is 6.54 Å². The lowest BCUT2D eigenvalue weighted by Gasteiger charge is -2.04. The Balaban J connectivity index is 1.90. The number of aromatic amines is 1. The highest BCUT2D eigenvalue weighted by molar-refractivity contribution is 5.94. The summed E-state index contributed by atoms with van der Waals surface area (Å²) in [4.78, 5) is 7.12. The number of anilines is 2. The zero-order valence-electron chi connectivity index (χ0n) is 8.84. The van der Waals surface area contributed by atoms with Gasteiger partial charge in [0.05, 0.1) is 17.9 Å². The number of aromatic nitrogens is 4. The number of H-pyrrole nitrogens is 1. The normalized spacial score (nSPS) is 10.8. The minimum Gasteiger partial charge on any atom is -0.397 e. The molecule has 0 aliphatic carbocycles. The van der Waals surface area contributed by atoms with Gasteiger partial charge in [-0.15, -0.1) is 0 Å². The van der Waals surface area contributed by atoms with Crippen LogP contribution in [0.15, 0.2) is 29.2 Å². The maximum Gasteiger partial charge on any atom is 0.160 e. The van der Waals surface area contributed by atoms with Crippen LogP contribution in [0.3, 0.4) is 0 Å². The van der Waals surface area contributed by atoms with Crippen LogP contribution >= 0.6 is 0 Å². The summed E-state index contributed by atoms with van der Waals surface area (Å²) in [6.07, 6.45) is 3.47. The van der Waals surface area contributed by atoms with Gasteiger partial charge in [0, 0.05) is 12.4 Å². The second-order valence-electron chi connectivity index (χ2n) is 3.55. The van der Waals surface area contributed by atoms with Crippen LogP contribution in [0.5, 0.6) is 0 Å². The lowest BCUT2D eigenvalue weighted by atomic mass is 10.2. The molecule has 17 heavy (non-hydrogen) atoms. The number of fused-ring (bicyclic) bond motifs is 1. The molecule has 7 heteroatoms. The quantitative estimate of drug-likeness (QED) is 0.582. The number of nitrogen functional groups attached to an aromatic ring is 1. The maximum atomic E-state index is 5.75. The summed E-state index contributed by atoms with van der Waals surface area (Å²) >= 11 is 0. The standard InChI is InChI=1S/C10H10N6O/c11-6-1-2-7(10-9(6)15-17-16-10)14-5-8-12-3-4-13-8/h1-4,14H,5,11H2,(H,12,13). The van der Waals surface area contributed by atoms with E-state index in [1.54, 1.807) is 18.5 Å². The molecular weight excluding hydrogens is 220 g/mol. The number of nitrogens with two attached hydrogens (primary N) is 1.